The number of amides is 1. The summed E-state index contributed by atoms with van der Waals surface area (Å²) in [6.45, 7) is 2.03. The molecular weight excluding hydrogens is 264 g/mol. The van der Waals surface area contributed by atoms with Gasteiger partial charge in [-0.1, -0.05) is 30.0 Å². The molecule has 0 atom stereocenters. The molecule has 1 amide bonds. The Bertz CT molecular complexity index is 727. The van der Waals surface area contributed by atoms with Crippen LogP contribution in [0.1, 0.15) is 21.5 Å². The summed E-state index contributed by atoms with van der Waals surface area (Å²) in [5.41, 5.74) is 7.79. The van der Waals surface area contributed by atoms with Crippen molar-refractivity contribution in [3.05, 3.63) is 59.2 Å². The first-order chi connectivity index (χ1) is 10.1. The number of benzene rings is 2. The van der Waals surface area contributed by atoms with Crippen LogP contribution in [0.3, 0.4) is 0 Å². The molecule has 2 aromatic rings. The first-order valence-electron chi connectivity index (χ1n) is 6.50. The number of phenols is 1. The van der Waals surface area contributed by atoms with Crippen LogP contribution in [-0.2, 0) is 0 Å². The zero-order valence-corrected chi connectivity index (χ0v) is 11.7. The highest BCUT2D eigenvalue weighted by Crippen LogP contribution is 2.19. The van der Waals surface area contributed by atoms with Gasteiger partial charge in [-0.15, -0.1) is 0 Å². The average Bonchev–Trinajstić information content (AvgIpc) is 2.49. The first-order valence-corrected chi connectivity index (χ1v) is 6.50. The van der Waals surface area contributed by atoms with Gasteiger partial charge >= 0.3 is 0 Å². The van der Waals surface area contributed by atoms with E-state index in [1.165, 1.54) is 6.07 Å². The minimum Gasteiger partial charge on any atom is -0.508 e. The van der Waals surface area contributed by atoms with Crippen LogP contribution in [-0.4, -0.2) is 17.6 Å². The third-order valence-electron chi connectivity index (χ3n) is 2.97. The molecule has 4 heteroatoms. The number of aryl methyl sites for hydroxylation is 1. The van der Waals surface area contributed by atoms with E-state index >= 15 is 0 Å². The summed E-state index contributed by atoms with van der Waals surface area (Å²) in [5.74, 6) is 5.47. The van der Waals surface area contributed by atoms with Crippen LogP contribution >= 0.6 is 0 Å². The molecule has 0 spiro atoms. The molecule has 0 aliphatic heterocycles. The van der Waals surface area contributed by atoms with Gasteiger partial charge in [-0.2, -0.15) is 0 Å². The van der Waals surface area contributed by atoms with E-state index in [1.807, 2.05) is 18.2 Å². The lowest BCUT2D eigenvalue weighted by Crippen LogP contribution is -2.12. The van der Waals surface area contributed by atoms with Crippen LogP contribution in [0.5, 0.6) is 5.75 Å². The summed E-state index contributed by atoms with van der Waals surface area (Å²) in [6, 6.07) is 12.0. The van der Waals surface area contributed by atoms with Gasteiger partial charge in [0.05, 0.1) is 12.2 Å². The fourth-order valence-corrected chi connectivity index (χ4v) is 1.79. The largest absolute Gasteiger partial charge is 0.508 e. The van der Waals surface area contributed by atoms with Gasteiger partial charge in [-0.3, -0.25) is 4.79 Å². The van der Waals surface area contributed by atoms with E-state index < -0.39 is 0 Å². The number of aromatic hydroxyl groups is 1. The maximum absolute atomic E-state index is 12.2. The van der Waals surface area contributed by atoms with E-state index in [1.54, 1.807) is 25.1 Å². The third-order valence-corrected chi connectivity index (χ3v) is 2.97. The second-order valence-corrected chi connectivity index (χ2v) is 4.51. The average molecular weight is 280 g/mol. The zero-order chi connectivity index (χ0) is 15.2. The fraction of sp³-hybridized carbons (Fsp3) is 0.118. The Labute approximate surface area is 123 Å². The molecule has 0 aliphatic rings. The summed E-state index contributed by atoms with van der Waals surface area (Å²) in [6.07, 6.45) is 0. The van der Waals surface area contributed by atoms with Crippen LogP contribution in [0.25, 0.3) is 0 Å². The predicted octanol–water partition coefficient (Wildman–Crippen LogP) is 2.26. The minimum absolute atomic E-state index is 0.0962. The predicted molar refractivity (Wildman–Crippen MR) is 83.2 cm³/mol. The van der Waals surface area contributed by atoms with E-state index in [9.17, 15) is 9.90 Å². The number of nitrogens with two attached hydrogens (primary N) is 1. The second kappa shape index (κ2) is 6.60. The fourth-order valence-electron chi connectivity index (χ4n) is 1.79. The van der Waals surface area contributed by atoms with Gasteiger partial charge in [0.25, 0.3) is 5.91 Å². The molecular formula is C17H16N2O2. The lowest BCUT2D eigenvalue weighted by atomic mass is 10.1. The molecule has 0 aliphatic carbocycles. The summed E-state index contributed by atoms with van der Waals surface area (Å²) in [7, 11) is 0. The molecule has 0 saturated heterocycles. The zero-order valence-electron chi connectivity index (χ0n) is 11.7. The second-order valence-electron chi connectivity index (χ2n) is 4.51. The lowest BCUT2D eigenvalue weighted by Gasteiger charge is -2.08. The Morgan fingerprint density at radius 3 is 2.76 bits per heavy atom. The number of carbonyl (C=O) groups excluding carboxylic acids is 1. The van der Waals surface area contributed by atoms with Crippen molar-refractivity contribution in [1.29, 1.82) is 0 Å². The van der Waals surface area contributed by atoms with Gasteiger partial charge in [0.15, 0.2) is 0 Å². The number of para-hydroxylation sites is 1. The van der Waals surface area contributed by atoms with Crippen molar-refractivity contribution in [2.24, 2.45) is 5.73 Å². The summed E-state index contributed by atoms with van der Waals surface area (Å²) in [4.78, 5) is 12.2. The quantitative estimate of drug-likeness (QED) is 0.739. The highest BCUT2D eigenvalue weighted by molar-refractivity contribution is 6.05. The topological polar surface area (TPSA) is 75.4 Å². The summed E-state index contributed by atoms with van der Waals surface area (Å²) >= 11 is 0. The number of hydrogen-bond acceptors (Lipinski definition) is 3. The van der Waals surface area contributed by atoms with Crippen LogP contribution in [0.15, 0.2) is 42.5 Å². The highest BCUT2D eigenvalue weighted by Gasteiger charge is 2.09. The molecule has 0 heterocycles. The smallest absolute Gasteiger partial charge is 0.255 e. The Balaban J connectivity index is 2.25. The molecule has 4 N–H and O–H groups in total. The summed E-state index contributed by atoms with van der Waals surface area (Å²) in [5, 5.41) is 12.5. The van der Waals surface area contributed by atoms with Crippen molar-refractivity contribution in [3.63, 3.8) is 0 Å². The van der Waals surface area contributed by atoms with E-state index in [-0.39, 0.29) is 18.2 Å². The Kier molecular flexibility index (Phi) is 4.60. The molecule has 21 heavy (non-hydrogen) atoms. The van der Waals surface area contributed by atoms with Gasteiger partial charge < -0.3 is 16.2 Å². The Hall–Kier alpha value is -2.77. The van der Waals surface area contributed by atoms with Gasteiger partial charge in [-0.05, 0) is 36.8 Å². The summed E-state index contributed by atoms with van der Waals surface area (Å²) < 4.78 is 0. The van der Waals surface area contributed by atoms with Crippen molar-refractivity contribution in [2.45, 2.75) is 6.92 Å². The van der Waals surface area contributed by atoms with Gasteiger partial charge in [0, 0.05) is 11.1 Å². The maximum Gasteiger partial charge on any atom is 0.255 e. The van der Waals surface area contributed by atoms with Crippen LogP contribution in [0, 0.1) is 18.8 Å². The van der Waals surface area contributed by atoms with Gasteiger partial charge in [0.1, 0.15) is 5.75 Å². The van der Waals surface area contributed by atoms with E-state index in [4.69, 9.17) is 5.73 Å². The van der Waals surface area contributed by atoms with Crippen molar-refractivity contribution >= 4 is 11.6 Å². The minimum atomic E-state index is -0.299. The molecule has 0 radical (unpaired) electrons. The molecule has 0 fully saturated rings. The third kappa shape index (κ3) is 3.62. The molecule has 0 unspecified atom stereocenters. The SMILES string of the molecule is Cc1ccc(C(=O)Nc2ccccc2C#CCN)cc1O. The first kappa shape index (κ1) is 14.6. The Morgan fingerprint density at radius 2 is 2.05 bits per heavy atom. The Morgan fingerprint density at radius 1 is 1.29 bits per heavy atom. The number of rotatable bonds is 2. The molecule has 0 bridgehead atoms. The standard InChI is InChI=1S/C17H16N2O2/c1-12-8-9-14(11-16(12)20)17(21)19-15-7-3-2-5-13(15)6-4-10-18/h2-3,5,7-9,11,20H,10,18H2,1H3,(H,19,21). The molecule has 0 aromatic heterocycles. The number of phenolic OH excluding ortho intramolecular Hbond substituents is 1. The van der Waals surface area contributed by atoms with Gasteiger partial charge in [-0.25, -0.2) is 0 Å². The normalized spacial score (nSPS) is 9.62. The van der Waals surface area contributed by atoms with Crippen molar-refractivity contribution in [1.82, 2.24) is 0 Å². The number of nitrogens with one attached hydrogen (secondary N) is 1. The number of carbonyl (C=O) groups is 1. The van der Waals surface area contributed by atoms with Crippen molar-refractivity contribution in [2.75, 3.05) is 11.9 Å². The van der Waals surface area contributed by atoms with Crippen LogP contribution < -0.4 is 11.1 Å². The maximum atomic E-state index is 12.2. The lowest BCUT2D eigenvalue weighted by molar-refractivity contribution is 0.102. The van der Waals surface area contributed by atoms with Gasteiger partial charge in [0.2, 0.25) is 0 Å². The molecule has 0 saturated carbocycles. The van der Waals surface area contributed by atoms with Crippen LogP contribution in [0.4, 0.5) is 5.69 Å². The van der Waals surface area contributed by atoms with E-state index in [2.05, 4.69) is 17.2 Å². The molecule has 4 nitrogen and oxygen atoms in total. The van der Waals surface area contributed by atoms with E-state index in [0.29, 0.717) is 16.8 Å². The highest BCUT2D eigenvalue weighted by atomic mass is 16.3. The van der Waals surface area contributed by atoms with Crippen LogP contribution in [0.2, 0.25) is 0 Å². The molecule has 2 aromatic carbocycles. The molecule has 106 valence electrons. The molecule has 2 rings (SSSR count). The number of hydrogen-bond donors (Lipinski definition) is 3. The number of anilines is 1. The van der Waals surface area contributed by atoms with Crippen molar-refractivity contribution in [3.8, 4) is 17.6 Å². The monoisotopic (exact) mass is 280 g/mol. The van der Waals surface area contributed by atoms with E-state index in [0.717, 1.165) is 5.56 Å². The van der Waals surface area contributed by atoms with Crippen molar-refractivity contribution < 1.29 is 9.90 Å².